The minimum Gasteiger partial charge on any atom is -0.352 e. The molecule has 0 aliphatic heterocycles. The Morgan fingerprint density at radius 2 is 1.95 bits per heavy atom. The third kappa shape index (κ3) is 2.58. The molecule has 21 heavy (non-hydrogen) atoms. The monoisotopic (exact) mass is 283 g/mol. The van der Waals surface area contributed by atoms with E-state index < -0.39 is 0 Å². The molecule has 1 amide bonds. The lowest BCUT2D eigenvalue weighted by molar-refractivity contribution is 0.0956. The predicted molar refractivity (Wildman–Crippen MR) is 83.0 cm³/mol. The Balaban J connectivity index is 1.93. The average Bonchev–Trinajstić information content (AvgIpc) is 2.85. The lowest BCUT2D eigenvalue weighted by Gasteiger charge is -2.14. The molecule has 0 spiro atoms. The molecule has 0 radical (unpaired) electrons. The van der Waals surface area contributed by atoms with Gasteiger partial charge in [-0.3, -0.25) is 4.79 Å². The SMILES string of the molecule is CCNC(=O)c1ccc(-n2nc(C)c3c2CCCC3)cc1. The van der Waals surface area contributed by atoms with Crippen molar-refractivity contribution < 1.29 is 4.79 Å². The summed E-state index contributed by atoms with van der Waals surface area (Å²) >= 11 is 0. The number of hydrogen-bond donors (Lipinski definition) is 1. The van der Waals surface area contributed by atoms with Crippen molar-refractivity contribution in [1.29, 1.82) is 0 Å². The first-order valence-corrected chi connectivity index (χ1v) is 7.66. The molecule has 110 valence electrons. The molecule has 0 atom stereocenters. The summed E-state index contributed by atoms with van der Waals surface area (Å²) in [6.07, 6.45) is 4.72. The molecular weight excluding hydrogens is 262 g/mol. The Morgan fingerprint density at radius 1 is 1.24 bits per heavy atom. The molecule has 1 N–H and O–H groups in total. The summed E-state index contributed by atoms with van der Waals surface area (Å²) in [6.45, 7) is 4.65. The Kier molecular flexibility index (Phi) is 3.78. The van der Waals surface area contributed by atoms with Gasteiger partial charge < -0.3 is 5.32 Å². The van der Waals surface area contributed by atoms with Gasteiger partial charge in [-0.15, -0.1) is 0 Å². The molecule has 1 aromatic heterocycles. The summed E-state index contributed by atoms with van der Waals surface area (Å²) in [5.74, 6) is -0.0253. The summed E-state index contributed by atoms with van der Waals surface area (Å²) in [5.41, 5.74) is 5.61. The van der Waals surface area contributed by atoms with Gasteiger partial charge in [0.25, 0.3) is 5.91 Å². The molecule has 0 saturated carbocycles. The molecule has 4 nitrogen and oxygen atoms in total. The van der Waals surface area contributed by atoms with Crippen molar-refractivity contribution in [3.63, 3.8) is 0 Å². The fraction of sp³-hybridized carbons (Fsp3) is 0.412. The minimum absolute atomic E-state index is 0.0253. The summed E-state index contributed by atoms with van der Waals surface area (Å²) in [4.78, 5) is 11.8. The van der Waals surface area contributed by atoms with Crippen LogP contribution in [0.1, 0.15) is 47.1 Å². The molecule has 1 aliphatic carbocycles. The van der Waals surface area contributed by atoms with Crippen molar-refractivity contribution in [1.82, 2.24) is 15.1 Å². The highest BCUT2D eigenvalue weighted by molar-refractivity contribution is 5.94. The summed E-state index contributed by atoms with van der Waals surface area (Å²) < 4.78 is 2.05. The van der Waals surface area contributed by atoms with E-state index >= 15 is 0 Å². The largest absolute Gasteiger partial charge is 0.352 e. The lowest BCUT2D eigenvalue weighted by atomic mass is 9.96. The Morgan fingerprint density at radius 3 is 2.67 bits per heavy atom. The molecule has 1 aliphatic rings. The van der Waals surface area contributed by atoms with E-state index in [2.05, 4.69) is 17.3 Å². The van der Waals surface area contributed by atoms with E-state index in [1.54, 1.807) is 0 Å². The molecule has 4 heteroatoms. The smallest absolute Gasteiger partial charge is 0.251 e. The predicted octanol–water partition coefficient (Wildman–Crippen LogP) is 2.81. The summed E-state index contributed by atoms with van der Waals surface area (Å²) in [6, 6.07) is 7.69. The first-order chi connectivity index (χ1) is 10.2. The van der Waals surface area contributed by atoms with Crippen molar-refractivity contribution >= 4 is 5.91 Å². The average molecular weight is 283 g/mol. The molecule has 0 unspecified atom stereocenters. The minimum atomic E-state index is -0.0253. The molecular formula is C17H21N3O. The van der Waals surface area contributed by atoms with Crippen LogP contribution in [0.25, 0.3) is 5.69 Å². The van der Waals surface area contributed by atoms with Crippen LogP contribution in [0.2, 0.25) is 0 Å². The van der Waals surface area contributed by atoms with Crippen LogP contribution in [-0.4, -0.2) is 22.2 Å². The van der Waals surface area contributed by atoms with Crippen molar-refractivity contribution in [2.75, 3.05) is 6.54 Å². The second-order valence-electron chi connectivity index (χ2n) is 5.54. The maximum absolute atomic E-state index is 11.8. The van der Waals surface area contributed by atoms with Crippen molar-refractivity contribution in [3.8, 4) is 5.69 Å². The first-order valence-electron chi connectivity index (χ1n) is 7.66. The van der Waals surface area contributed by atoms with E-state index in [1.807, 2.05) is 35.9 Å². The van der Waals surface area contributed by atoms with Gasteiger partial charge in [0.05, 0.1) is 11.4 Å². The van der Waals surface area contributed by atoms with E-state index in [1.165, 1.54) is 24.1 Å². The fourth-order valence-electron chi connectivity index (χ4n) is 3.01. The quantitative estimate of drug-likeness (QED) is 0.941. The highest BCUT2D eigenvalue weighted by Crippen LogP contribution is 2.26. The van der Waals surface area contributed by atoms with Gasteiger partial charge in [-0.25, -0.2) is 4.68 Å². The van der Waals surface area contributed by atoms with Crippen molar-refractivity contribution in [3.05, 3.63) is 46.8 Å². The molecule has 2 aromatic rings. The van der Waals surface area contributed by atoms with Crippen molar-refractivity contribution in [2.24, 2.45) is 0 Å². The Labute approximate surface area is 125 Å². The van der Waals surface area contributed by atoms with Crippen LogP contribution in [0.5, 0.6) is 0 Å². The highest BCUT2D eigenvalue weighted by atomic mass is 16.1. The van der Waals surface area contributed by atoms with Gasteiger partial charge in [0.2, 0.25) is 0 Å². The second kappa shape index (κ2) is 5.72. The second-order valence-corrected chi connectivity index (χ2v) is 5.54. The third-order valence-electron chi connectivity index (χ3n) is 4.09. The number of carbonyl (C=O) groups is 1. The van der Waals surface area contributed by atoms with Gasteiger partial charge in [0, 0.05) is 17.8 Å². The van der Waals surface area contributed by atoms with E-state index in [4.69, 9.17) is 0 Å². The molecule has 3 rings (SSSR count). The van der Waals surface area contributed by atoms with Gasteiger partial charge in [0.15, 0.2) is 0 Å². The van der Waals surface area contributed by atoms with E-state index in [-0.39, 0.29) is 5.91 Å². The maximum Gasteiger partial charge on any atom is 0.251 e. The first kappa shape index (κ1) is 13.9. The Hall–Kier alpha value is -2.10. The zero-order valence-corrected chi connectivity index (χ0v) is 12.6. The topological polar surface area (TPSA) is 46.9 Å². The zero-order chi connectivity index (χ0) is 14.8. The molecule has 0 bridgehead atoms. The number of nitrogens with zero attached hydrogens (tertiary/aromatic N) is 2. The number of hydrogen-bond acceptors (Lipinski definition) is 2. The van der Waals surface area contributed by atoms with Crippen LogP contribution < -0.4 is 5.32 Å². The summed E-state index contributed by atoms with van der Waals surface area (Å²) in [5, 5.41) is 7.50. The van der Waals surface area contributed by atoms with Gasteiger partial charge in [-0.1, -0.05) is 0 Å². The molecule has 0 fully saturated rings. The molecule has 0 saturated heterocycles. The maximum atomic E-state index is 11.8. The van der Waals surface area contributed by atoms with Gasteiger partial charge >= 0.3 is 0 Å². The van der Waals surface area contributed by atoms with E-state index in [0.717, 1.165) is 24.2 Å². The zero-order valence-electron chi connectivity index (χ0n) is 12.6. The fourth-order valence-corrected chi connectivity index (χ4v) is 3.01. The van der Waals surface area contributed by atoms with Crippen LogP contribution in [0.4, 0.5) is 0 Å². The van der Waals surface area contributed by atoms with E-state index in [9.17, 15) is 4.79 Å². The number of carbonyl (C=O) groups excluding carboxylic acids is 1. The normalized spacial score (nSPS) is 13.8. The van der Waals surface area contributed by atoms with Crippen LogP contribution in [-0.2, 0) is 12.8 Å². The van der Waals surface area contributed by atoms with Crippen LogP contribution >= 0.6 is 0 Å². The van der Waals surface area contributed by atoms with Crippen molar-refractivity contribution in [2.45, 2.75) is 39.5 Å². The van der Waals surface area contributed by atoms with Crippen LogP contribution in [0, 0.1) is 6.92 Å². The number of benzene rings is 1. The van der Waals surface area contributed by atoms with Gasteiger partial charge in [0.1, 0.15) is 0 Å². The summed E-state index contributed by atoms with van der Waals surface area (Å²) in [7, 11) is 0. The van der Waals surface area contributed by atoms with Gasteiger partial charge in [-0.2, -0.15) is 5.10 Å². The lowest BCUT2D eigenvalue weighted by Crippen LogP contribution is -2.22. The van der Waals surface area contributed by atoms with Crippen LogP contribution in [0.3, 0.4) is 0 Å². The number of aromatic nitrogens is 2. The standard InChI is InChI=1S/C17H21N3O/c1-3-18-17(21)13-8-10-14(11-9-13)20-16-7-5-4-6-15(16)12(2)19-20/h8-11H,3-7H2,1-2H3,(H,18,21). The van der Waals surface area contributed by atoms with Crippen LogP contribution in [0.15, 0.2) is 24.3 Å². The Bertz CT molecular complexity index is 655. The third-order valence-corrected chi connectivity index (χ3v) is 4.09. The number of rotatable bonds is 3. The highest BCUT2D eigenvalue weighted by Gasteiger charge is 2.19. The number of fused-ring (bicyclic) bond motifs is 1. The number of aryl methyl sites for hydroxylation is 1. The molecule has 1 heterocycles. The van der Waals surface area contributed by atoms with E-state index in [0.29, 0.717) is 12.1 Å². The van der Waals surface area contributed by atoms with Gasteiger partial charge in [-0.05, 0) is 69.4 Å². The molecule has 1 aromatic carbocycles. The number of nitrogens with one attached hydrogen (secondary N) is 1. The number of amides is 1.